The van der Waals surface area contributed by atoms with Crippen LogP contribution in [0.2, 0.25) is 0 Å². The normalized spacial score (nSPS) is 18.5. The van der Waals surface area contributed by atoms with Gasteiger partial charge in [0.25, 0.3) is 5.91 Å². The second kappa shape index (κ2) is 11.6. The highest BCUT2D eigenvalue weighted by molar-refractivity contribution is 6.03. The minimum Gasteiger partial charge on any atom is -0.497 e. The molecule has 7 nitrogen and oxygen atoms in total. The van der Waals surface area contributed by atoms with Crippen LogP contribution in [0.4, 0.5) is 0 Å². The number of nitrogens with zero attached hydrogens (tertiary/aromatic N) is 4. The molecule has 3 aromatic carbocycles. The molecule has 1 fully saturated rings. The van der Waals surface area contributed by atoms with Crippen molar-refractivity contribution in [3.63, 3.8) is 0 Å². The third kappa shape index (κ3) is 6.01. The molecule has 0 radical (unpaired) electrons. The van der Waals surface area contributed by atoms with E-state index in [0.29, 0.717) is 13.0 Å². The zero-order valence-electron chi connectivity index (χ0n) is 21.5. The molecule has 7 heteroatoms. The fourth-order valence-corrected chi connectivity index (χ4v) is 4.99. The maximum atomic E-state index is 13.6. The number of hydrogen-bond acceptors (Lipinski definition) is 6. The maximum absolute atomic E-state index is 13.6. The van der Waals surface area contributed by atoms with Gasteiger partial charge in [0.15, 0.2) is 0 Å². The number of piperazine rings is 1. The van der Waals surface area contributed by atoms with Crippen LogP contribution in [0, 0.1) is 0 Å². The number of hydrogen-bond donors (Lipinski definition) is 0. The number of ether oxygens (including phenoxy) is 2. The van der Waals surface area contributed by atoms with Gasteiger partial charge in [0.2, 0.25) is 0 Å². The second-order valence-corrected chi connectivity index (χ2v) is 9.54. The van der Waals surface area contributed by atoms with Crippen LogP contribution in [0.15, 0.2) is 84.0 Å². The Morgan fingerprint density at radius 3 is 2.03 bits per heavy atom. The SMILES string of the molecule is COc1ccc(C2=NN(C(=O)CN3CCN(Cc4ccccc4)CC3)[C@@H](c3ccc(OC)cc3)C2)cc1. The molecule has 5 rings (SSSR count). The monoisotopic (exact) mass is 498 g/mol. The second-order valence-electron chi connectivity index (χ2n) is 9.54. The lowest BCUT2D eigenvalue weighted by Crippen LogP contribution is -2.49. The molecule has 0 saturated carbocycles. The topological polar surface area (TPSA) is 57.6 Å². The van der Waals surface area contributed by atoms with Crippen LogP contribution in [0.3, 0.4) is 0 Å². The molecule has 0 bridgehead atoms. The summed E-state index contributed by atoms with van der Waals surface area (Å²) in [6, 6.07) is 26.2. The molecular weight excluding hydrogens is 464 g/mol. The summed E-state index contributed by atoms with van der Waals surface area (Å²) in [4.78, 5) is 18.3. The lowest BCUT2D eigenvalue weighted by molar-refractivity contribution is -0.134. The van der Waals surface area contributed by atoms with Gasteiger partial charge in [0.05, 0.1) is 32.5 Å². The summed E-state index contributed by atoms with van der Waals surface area (Å²) in [6.45, 7) is 4.95. The quantitative estimate of drug-likeness (QED) is 0.466. The van der Waals surface area contributed by atoms with Crippen LogP contribution < -0.4 is 9.47 Å². The first-order valence-electron chi connectivity index (χ1n) is 12.8. The van der Waals surface area contributed by atoms with Gasteiger partial charge >= 0.3 is 0 Å². The van der Waals surface area contributed by atoms with Gasteiger partial charge in [-0.2, -0.15) is 5.10 Å². The zero-order chi connectivity index (χ0) is 25.6. The van der Waals surface area contributed by atoms with Gasteiger partial charge in [-0.15, -0.1) is 0 Å². The van der Waals surface area contributed by atoms with Crippen molar-refractivity contribution in [2.75, 3.05) is 46.9 Å². The molecule has 0 unspecified atom stereocenters. The molecule has 0 spiro atoms. The number of hydrazone groups is 1. The molecular formula is C30H34N4O3. The van der Waals surface area contributed by atoms with Crippen molar-refractivity contribution in [1.29, 1.82) is 0 Å². The predicted octanol–water partition coefficient (Wildman–Crippen LogP) is 4.20. The van der Waals surface area contributed by atoms with Crippen molar-refractivity contribution in [1.82, 2.24) is 14.8 Å². The molecule has 2 aliphatic heterocycles. The van der Waals surface area contributed by atoms with Crippen molar-refractivity contribution in [2.24, 2.45) is 5.10 Å². The number of methoxy groups -OCH3 is 2. The summed E-state index contributed by atoms with van der Waals surface area (Å²) in [5.41, 5.74) is 4.29. The highest BCUT2D eigenvalue weighted by atomic mass is 16.5. The Bertz CT molecular complexity index is 1200. The molecule has 2 heterocycles. The van der Waals surface area contributed by atoms with Crippen molar-refractivity contribution in [2.45, 2.75) is 19.0 Å². The minimum absolute atomic E-state index is 0.0286. The van der Waals surface area contributed by atoms with E-state index in [0.717, 1.165) is 61.1 Å². The smallest absolute Gasteiger partial charge is 0.257 e. The Morgan fingerprint density at radius 1 is 0.811 bits per heavy atom. The van der Waals surface area contributed by atoms with E-state index in [-0.39, 0.29) is 11.9 Å². The predicted molar refractivity (Wildman–Crippen MR) is 145 cm³/mol. The van der Waals surface area contributed by atoms with Crippen molar-refractivity contribution in [3.05, 3.63) is 95.6 Å². The lowest BCUT2D eigenvalue weighted by atomic mass is 9.98. The standard InChI is InChI=1S/C30H34N4O3/c1-36-26-12-8-24(9-13-26)28-20-29(25-10-14-27(37-2)15-11-25)34(31-28)30(35)22-33-18-16-32(17-19-33)21-23-6-4-3-5-7-23/h3-15,29H,16-22H2,1-2H3/t29-/m1/s1. The molecule has 0 aliphatic carbocycles. The first-order valence-corrected chi connectivity index (χ1v) is 12.8. The van der Waals surface area contributed by atoms with Crippen molar-refractivity contribution >= 4 is 11.6 Å². The Balaban J connectivity index is 1.27. The number of rotatable bonds is 8. The summed E-state index contributed by atoms with van der Waals surface area (Å²) in [5, 5.41) is 6.53. The van der Waals surface area contributed by atoms with Crippen LogP contribution in [-0.4, -0.2) is 73.4 Å². The number of carbonyl (C=O) groups excluding carboxylic acids is 1. The lowest BCUT2D eigenvalue weighted by Gasteiger charge is -2.35. The number of amides is 1. The van der Waals surface area contributed by atoms with E-state index in [1.54, 1.807) is 19.2 Å². The highest BCUT2D eigenvalue weighted by Gasteiger charge is 2.34. The Morgan fingerprint density at radius 2 is 1.41 bits per heavy atom. The average molecular weight is 499 g/mol. The van der Waals surface area contributed by atoms with Crippen LogP contribution >= 0.6 is 0 Å². The van der Waals surface area contributed by atoms with Gasteiger partial charge in [-0.05, 0) is 53.1 Å². The van der Waals surface area contributed by atoms with Crippen LogP contribution in [0.25, 0.3) is 0 Å². The van der Waals surface area contributed by atoms with Gasteiger partial charge < -0.3 is 9.47 Å². The van der Waals surface area contributed by atoms with Gasteiger partial charge in [0, 0.05) is 39.1 Å². The molecule has 0 aromatic heterocycles. The molecule has 2 aliphatic rings. The first kappa shape index (κ1) is 25.0. The third-order valence-electron chi connectivity index (χ3n) is 7.16. The van der Waals surface area contributed by atoms with E-state index >= 15 is 0 Å². The summed E-state index contributed by atoms with van der Waals surface area (Å²) in [6.07, 6.45) is 0.662. The summed E-state index contributed by atoms with van der Waals surface area (Å²) in [7, 11) is 3.31. The van der Waals surface area contributed by atoms with Gasteiger partial charge in [-0.1, -0.05) is 42.5 Å². The average Bonchev–Trinajstić information content (AvgIpc) is 3.40. The Labute approximate surface area is 218 Å². The van der Waals surface area contributed by atoms with E-state index in [4.69, 9.17) is 14.6 Å². The van der Waals surface area contributed by atoms with Crippen LogP contribution in [0.1, 0.15) is 29.2 Å². The van der Waals surface area contributed by atoms with Crippen molar-refractivity contribution < 1.29 is 14.3 Å². The van der Waals surface area contributed by atoms with E-state index in [1.165, 1.54) is 5.56 Å². The largest absolute Gasteiger partial charge is 0.497 e. The molecule has 1 saturated heterocycles. The van der Waals surface area contributed by atoms with Crippen molar-refractivity contribution in [3.8, 4) is 11.5 Å². The van der Waals surface area contributed by atoms with Gasteiger partial charge in [0.1, 0.15) is 11.5 Å². The summed E-state index contributed by atoms with van der Waals surface area (Å²) >= 11 is 0. The molecule has 37 heavy (non-hydrogen) atoms. The summed E-state index contributed by atoms with van der Waals surface area (Å²) < 4.78 is 10.6. The Hall–Kier alpha value is -3.68. The molecule has 0 N–H and O–H groups in total. The molecule has 192 valence electrons. The molecule has 1 atom stereocenters. The zero-order valence-corrected chi connectivity index (χ0v) is 21.5. The first-order chi connectivity index (χ1) is 18.1. The van der Waals surface area contributed by atoms with Gasteiger partial charge in [-0.25, -0.2) is 5.01 Å². The van der Waals surface area contributed by atoms with E-state index in [9.17, 15) is 4.79 Å². The number of benzene rings is 3. The fraction of sp³-hybridized carbons (Fsp3) is 0.333. The fourth-order valence-electron chi connectivity index (χ4n) is 4.99. The van der Waals surface area contributed by atoms with Crippen LogP contribution in [-0.2, 0) is 11.3 Å². The molecule has 3 aromatic rings. The minimum atomic E-state index is -0.144. The van der Waals surface area contributed by atoms with E-state index in [1.807, 2.05) is 54.6 Å². The molecule has 1 amide bonds. The maximum Gasteiger partial charge on any atom is 0.257 e. The van der Waals surface area contributed by atoms with E-state index < -0.39 is 0 Å². The van der Waals surface area contributed by atoms with Crippen LogP contribution in [0.5, 0.6) is 11.5 Å². The number of carbonyl (C=O) groups is 1. The van der Waals surface area contributed by atoms with E-state index in [2.05, 4.69) is 34.1 Å². The highest BCUT2D eigenvalue weighted by Crippen LogP contribution is 2.34. The summed E-state index contributed by atoms with van der Waals surface area (Å²) in [5.74, 6) is 1.62. The van der Waals surface area contributed by atoms with Gasteiger partial charge in [-0.3, -0.25) is 14.6 Å². The Kier molecular flexibility index (Phi) is 7.82. The third-order valence-corrected chi connectivity index (χ3v) is 7.16.